The van der Waals surface area contributed by atoms with Gasteiger partial charge in [0.2, 0.25) is 5.90 Å². The lowest BCUT2D eigenvalue weighted by molar-refractivity contribution is -0.384. The lowest BCUT2D eigenvalue weighted by atomic mass is 9.85. The second-order valence-electron chi connectivity index (χ2n) is 7.40. The molecular weight excluding hydrogens is 364 g/mol. The van der Waals surface area contributed by atoms with Crippen molar-refractivity contribution in [1.82, 2.24) is 0 Å². The van der Waals surface area contributed by atoms with E-state index >= 15 is 0 Å². The predicted molar refractivity (Wildman–Crippen MR) is 113 cm³/mol. The maximum atomic E-state index is 11.0. The van der Waals surface area contributed by atoms with E-state index in [9.17, 15) is 10.1 Å². The number of nitro groups is 1. The van der Waals surface area contributed by atoms with E-state index in [0.717, 1.165) is 16.7 Å². The number of hydrogen-bond donors (Lipinski definition) is 0. The van der Waals surface area contributed by atoms with E-state index in [2.05, 4.69) is 19.1 Å². The van der Waals surface area contributed by atoms with Crippen molar-refractivity contribution in [3.63, 3.8) is 0 Å². The summed E-state index contributed by atoms with van der Waals surface area (Å²) in [6.07, 6.45) is -0.162. The van der Waals surface area contributed by atoms with Crippen molar-refractivity contribution < 1.29 is 9.66 Å². The number of aliphatic imine (C=N–C) groups is 1. The van der Waals surface area contributed by atoms with Crippen LogP contribution < -0.4 is 0 Å². The molecule has 0 fully saturated rings. The maximum Gasteiger partial charge on any atom is 0.269 e. The van der Waals surface area contributed by atoms with Crippen LogP contribution in [0.15, 0.2) is 83.9 Å². The Hall–Kier alpha value is -3.47. The van der Waals surface area contributed by atoms with Gasteiger partial charge in [0.15, 0.2) is 0 Å². The predicted octanol–water partition coefficient (Wildman–Crippen LogP) is 5.80. The molecule has 0 aromatic heterocycles. The summed E-state index contributed by atoms with van der Waals surface area (Å²) >= 11 is 0. The summed E-state index contributed by atoms with van der Waals surface area (Å²) in [5.74, 6) is 0.661. The molecule has 5 heteroatoms. The molecule has 0 bridgehead atoms. The average molecular weight is 386 g/mol. The quantitative estimate of drug-likeness (QED) is 0.420. The van der Waals surface area contributed by atoms with Gasteiger partial charge in [-0.25, -0.2) is 4.99 Å². The number of non-ortho nitro benzene ring substituents is 1. The summed E-state index contributed by atoms with van der Waals surface area (Å²) in [6, 6.07) is 24.7. The standard InChI is InChI=1S/C24H22N2O3/c1-16-8-10-20(11-9-16)24-25-22(18-12-14-21(15-13-18)26(27)28)17(2)23(29-24)19-6-4-3-5-7-19/h3-15,17,22-23H,1-2H3/t17-,22-,23+/m0/s1. The van der Waals surface area contributed by atoms with Gasteiger partial charge in [-0.1, -0.05) is 67.1 Å². The number of hydrogen-bond acceptors (Lipinski definition) is 4. The van der Waals surface area contributed by atoms with Gasteiger partial charge in [0, 0.05) is 23.6 Å². The van der Waals surface area contributed by atoms with Crippen molar-refractivity contribution in [2.24, 2.45) is 10.9 Å². The Morgan fingerprint density at radius 3 is 2.17 bits per heavy atom. The van der Waals surface area contributed by atoms with Gasteiger partial charge in [-0.05, 0) is 30.2 Å². The van der Waals surface area contributed by atoms with Crippen LogP contribution in [-0.2, 0) is 4.74 Å². The van der Waals surface area contributed by atoms with Gasteiger partial charge in [-0.15, -0.1) is 0 Å². The zero-order valence-electron chi connectivity index (χ0n) is 16.4. The smallest absolute Gasteiger partial charge is 0.269 e. The van der Waals surface area contributed by atoms with Gasteiger partial charge in [0.25, 0.3) is 5.69 Å². The molecule has 0 radical (unpaired) electrons. The molecule has 0 N–H and O–H groups in total. The molecule has 0 unspecified atom stereocenters. The average Bonchev–Trinajstić information content (AvgIpc) is 2.75. The summed E-state index contributed by atoms with van der Waals surface area (Å²) in [7, 11) is 0. The fraction of sp³-hybridized carbons (Fsp3) is 0.208. The first-order valence-electron chi connectivity index (χ1n) is 9.64. The van der Waals surface area contributed by atoms with Crippen LogP contribution in [0.3, 0.4) is 0 Å². The zero-order valence-corrected chi connectivity index (χ0v) is 16.4. The topological polar surface area (TPSA) is 64.7 Å². The SMILES string of the molecule is Cc1ccc(C2=N[C@H](c3ccc([N+](=O)[O-])cc3)[C@H](C)[C@H](c3ccccc3)O2)cc1. The highest BCUT2D eigenvalue weighted by Crippen LogP contribution is 2.42. The molecule has 0 saturated carbocycles. The van der Waals surface area contributed by atoms with Crippen molar-refractivity contribution in [2.75, 3.05) is 0 Å². The molecule has 1 aliphatic heterocycles. The minimum atomic E-state index is -0.384. The third-order valence-electron chi connectivity index (χ3n) is 5.34. The van der Waals surface area contributed by atoms with E-state index in [0.29, 0.717) is 5.90 Å². The van der Waals surface area contributed by atoms with E-state index < -0.39 is 0 Å². The van der Waals surface area contributed by atoms with Crippen LogP contribution in [0.4, 0.5) is 5.69 Å². The summed E-state index contributed by atoms with van der Waals surface area (Å²) < 4.78 is 6.37. The molecule has 1 aliphatic rings. The second-order valence-corrected chi connectivity index (χ2v) is 7.40. The van der Waals surface area contributed by atoms with Gasteiger partial charge >= 0.3 is 0 Å². The number of rotatable bonds is 4. The molecular formula is C24H22N2O3. The zero-order chi connectivity index (χ0) is 20.4. The first-order valence-corrected chi connectivity index (χ1v) is 9.64. The van der Waals surface area contributed by atoms with Crippen LogP contribution in [0.25, 0.3) is 0 Å². The highest BCUT2D eigenvalue weighted by molar-refractivity contribution is 5.95. The Morgan fingerprint density at radius 2 is 1.55 bits per heavy atom. The maximum absolute atomic E-state index is 11.0. The third-order valence-corrected chi connectivity index (χ3v) is 5.34. The van der Waals surface area contributed by atoms with E-state index in [-0.39, 0.29) is 28.7 Å². The molecule has 0 aliphatic carbocycles. The largest absolute Gasteiger partial charge is 0.469 e. The van der Waals surface area contributed by atoms with Gasteiger partial charge in [0.1, 0.15) is 6.10 Å². The van der Waals surface area contributed by atoms with Gasteiger partial charge in [-0.2, -0.15) is 0 Å². The van der Waals surface area contributed by atoms with Gasteiger partial charge in [-0.3, -0.25) is 10.1 Å². The monoisotopic (exact) mass is 386 g/mol. The second kappa shape index (κ2) is 7.87. The third kappa shape index (κ3) is 3.90. The van der Waals surface area contributed by atoms with Crippen molar-refractivity contribution in [3.05, 3.63) is 111 Å². The van der Waals surface area contributed by atoms with Crippen LogP contribution in [0.1, 0.15) is 41.3 Å². The summed E-state index contributed by atoms with van der Waals surface area (Å²) in [5, 5.41) is 11.0. The Morgan fingerprint density at radius 1 is 0.897 bits per heavy atom. The van der Waals surface area contributed by atoms with E-state index in [1.54, 1.807) is 12.1 Å². The number of nitro benzene ring substituents is 1. The molecule has 29 heavy (non-hydrogen) atoms. The lowest BCUT2D eigenvalue weighted by Crippen LogP contribution is -2.28. The molecule has 4 rings (SSSR count). The molecule has 3 aromatic rings. The van der Waals surface area contributed by atoms with Crippen LogP contribution in [0.2, 0.25) is 0 Å². The van der Waals surface area contributed by atoms with E-state index in [4.69, 9.17) is 9.73 Å². The van der Waals surface area contributed by atoms with Crippen molar-refractivity contribution in [3.8, 4) is 0 Å². The van der Waals surface area contributed by atoms with Crippen molar-refractivity contribution in [2.45, 2.75) is 26.0 Å². The summed E-state index contributed by atoms with van der Waals surface area (Å²) in [4.78, 5) is 15.5. The van der Waals surface area contributed by atoms with Crippen molar-refractivity contribution >= 4 is 11.6 Å². The van der Waals surface area contributed by atoms with E-state index in [1.807, 2.05) is 49.4 Å². The van der Waals surface area contributed by atoms with Gasteiger partial charge < -0.3 is 4.74 Å². The fourth-order valence-electron chi connectivity index (χ4n) is 3.69. The minimum Gasteiger partial charge on any atom is -0.469 e. The van der Waals surface area contributed by atoms with Gasteiger partial charge in [0.05, 0.1) is 11.0 Å². The molecule has 3 aromatic carbocycles. The van der Waals surface area contributed by atoms with Crippen LogP contribution in [-0.4, -0.2) is 10.8 Å². The Kier molecular flexibility index (Phi) is 5.12. The first-order chi connectivity index (χ1) is 14.0. The molecule has 3 atom stereocenters. The molecule has 0 saturated heterocycles. The Bertz CT molecular complexity index is 1030. The number of benzene rings is 3. The number of nitrogens with zero attached hydrogens (tertiary/aromatic N) is 2. The number of ether oxygens (including phenoxy) is 1. The molecule has 0 amide bonds. The summed E-state index contributed by atoms with van der Waals surface area (Å²) in [6.45, 7) is 4.15. The molecule has 5 nitrogen and oxygen atoms in total. The minimum absolute atomic E-state index is 0.0630. The Labute approximate surface area is 169 Å². The van der Waals surface area contributed by atoms with Crippen LogP contribution in [0, 0.1) is 23.0 Å². The molecule has 0 spiro atoms. The number of aryl methyl sites for hydroxylation is 1. The normalized spacial score (nSPS) is 21.2. The highest BCUT2D eigenvalue weighted by Gasteiger charge is 2.35. The van der Waals surface area contributed by atoms with Crippen LogP contribution in [0.5, 0.6) is 0 Å². The molecule has 146 valence electrons. The van der Waals surface area contributed by atoms with Crippen LogP contribution >= 0.6 is 0 Å². The summed E-state index contributed by atoms with van der Waals surface area (Å²) in [5.41, 5.74) is 4.21. The molecule has 1 heterocycles. The lowest BCUT2D eigenvalue weighted by Gasteiger charge is -2.35. The van der Waals surface area contributed by atoms with E-state index in [1.165, 1.54) is 17.7 Å². The van der Waals surface area contributed by atoms with Crippen molar-refractivity contribution in [1.29, 1.82) is 0 Å². The Balaban J connectivity index is 1.77. The highest BCUT2D eigenvalue weighted by atomic mass is 16.6. The first kappa shape index (κ1) is 18.9. The fourth-order valence-corrected chi connectivity index (χ4v) is 3.69.